The maximum atomic E-state index is 11.6. The third-order valence-corrected chi connectivity index (χ3v) is 1.26. The van der Waals surface area contributed by atoms with Crippen molar-refractivity contribution in [3.05, 3.63) is 0 Å². The highest BCUT2D eigenvalue weighted by Gasteiger charge is 2.37. The number of hydrogen-bond acceptors (Lipinski definition) is 3. The van der Waals surface area contributed by atoms with Gasteiger partial charge in [-0.1, -0.05) is 0 Å². The highest BCUT2D eigenvalue weighted by atomic mass is 19.4. The summed E-state index contributed by atoms with van der Waals surface area (Å²) in [6.07, 6.45) is -12.2. The van der Waals surface area contributed by atoms with E-state index >= 15 is 0 Å². The summed E-state index contributed by atoms with van der Waals surface area (Å²) in [7, 11) is 0. The molecule has 0 spiro atoms. The van der Waals surface area contributed by atoms with Gasteiger partial charge in [-0.05, 0) is 0 Å². The lowest BCUT2D eigenvalue weighted by atomic mass is 10.3. The molecule has 0 aromatic carbocycles. The van der Waals surface area contributed by atoms with Gasteiger partial charge in [0.2, 0.25) is 0 Å². The van der Waals surface area contributed by atoms with Crippen LogP contribution < -0.4 is 5.32 Å². The van der Waals surface area contributed by atoms with Gasteiger partial charge in [0.05, 0.1) is 6.61 Å². The van der Waals surface area contributed by atoms with Crippen LogP contribution in [0.25, 0.3) is 0 Å². The van der Waals surface area contributed by atoms with E-state index in [0.717, 1.165) is 0 Å². The molecule has 0 radical (unpaired) electrons. The smallest absolute Gasteiger partial charge is 0.382 e. The van der Waals surface area contributed by atoms with Gasteiger partial charge in [0.15, 0.2) is 6.10 Å². The average molecular weight is 241 g/mol. The molecule has 1 unspecified atom stereocenters. The molecule has 2 N–H and O–H groups in total. The summed E-state index contributed by atoms with van der Waals surface area (Å²) in [5.41, 5.74) is 0. The molecule has 0 aliphatic heterocycles. The molecule has 0 rings (SSSR count). The summed E-state index contributed by atoms with van der Waals surface area (Å²) in [5.74, 6) is 0. The first-order valence-corrected chi connectivity index (χ1v) is 3.79. The Balaban J connectivity index is 3.48. The first kappa shape index (κ1) is 14.5. The van der Waals surface area contributed by atoms with Crippen LogP contribution >= 0.6 is 0 Å². The summed E-state index contributed by atoms with van der Waals surface area (Å²) >= 11 is 0. The normalized spacial score (nSPS) is 15.4. The summed E-state index contributed by atoms with van der Waals surface area (Å²) in [5, 5.41) is 10.4. The molecule has 9 heteroatoms. The molecule has 0 aliphatic rings. The van der Waals surface area contributed by atoms with Crippen LogP contribution in [-0.4, -0.2) is 43.4 Å². The van der Waals surface area contributed by atoms with E-state index in [2.05, 4.69) is 4.74 Å². The van der Waals surface area contributed by atoms with E-state index in [1.54, 1.807) is 0 Å². The molecule has 0 aliphatic carbocycles. The van der Waals surface area contributed by atoms with E-state index in [-0.39, 0.29) is 0 Å². The van der Waals surface area contributed by atoms with Crippen molar-refractivity contribution in [3.63, 3.8) is 0 Å². The fraction of sp³-hybridized carbons (Fsp3) is 1.00. The van der Waals surface area contributed by atoms with Crippen molar-refractivity contribution in [2.24, 2.45) is 0 Å². The molecular weight excluding hydrogens is 232 g/mol. The van der Waals surface area contributed by atoms with E-state index in [1.807, 2.05) is 5.32 Å². The molecular formula is C6H9F6NO2. The Morgan fingerprint density at radius 2 is 1.67 bits per heavy atom. The minimum Gasteiger partial charge on any atom is -0.382 e. The van der Waals surface area contributed by atoms with Crippen molar-refractivity contribution in [2.75, 3.05) is 19.7 Å². The second-order valence-corrected chi connectivity index (χ2v) is 2.56. The number of ether oxygens (including phenoxy) is 1. The van der Waals surface area contributed by atoms with Gasteiger partial charge in [0.25, 0.3) is 0 Å². The monoisotopic (exact) mass is 241 g/mol. The number of alkyl halides is 6. The zero-order valence-electron chi connectivity index (χ0n) is 7.32. The van der Waals surface area contributed by atoms with Crippen LogP contribution in [-0.2, 0) is 4.74 Å². The van der Waals surface area contributed by atoms with Crippen molar-refractivity contribution >= 4 is 0 Å². The topological polar surface area (TPSA) is 41.5 Å². The molecule has 3 nitrogen and oxygen atoms in total. The maximum absolute atomic E-state index is 11.6. The number of nitrogens with one attached hydrogen (secondary N) is 1. The Kier molecular flexibility index (Phi) is 5.32. The van der Waals surface area contributed by atoms with Gasteiger partial charge in [0, 0.05) is 13.1 Å². The van der Waals surface area contributed by atoms with Crippen LogP contribution in [0.1, 0.15) is 0 Å². The fourth-order valence-corrected chi connectivity index (χ4v) is 0.593. The van der Waals surface area contributed by atoms with Crippen LogP contribution in [0, 0.1) is 0 Å². The van der Waals surface area contributed by atoms with Gasteiger partial charge in [0.1, 0.15) is 0 Å². The minimum absolute atomic E-state index is 0.438. The van der Waals surface area contributed by atoms with Gasteiger partial charge in [-0.25, -0.2) is 0 Å². The summed E-state index contributed by atoms with van der Waals surface area (Å²) in [6, 6.07) is 0. The fourth-order valence-electron chi connectivity index (χ4n) is 0.593. The number of halogens is 6. The molecule has 0 fully saturated rings. The highest BCUT2D eigenvalue weighted by molar-refractivity contribution is 4.67. The van der Waals surface area contributed by atoms with Gasteiger partial charge < -0.3 is 10.4 Å². The number of aliphatic hydroxyl groups is 1. The second kappa shape index (κ2) is 5.52. The molecule has 92 valence electrons. The van der Waals surface area contributed by atoms with Crippen LogP contribution in [0.5, 0.6) is 0 Å². The van der Waals surface area contributed by atoms with E-state index < -0.39 is 38.3 Å². The molecule has 0 saturated heterocycles. The first-order chi connectivity index (χ1) is 6.63. The quantitative estimate of drug-likeness (QED) is 0.558. The number of aliphatic hydroxyl groups excluding tert-OH is 1. The summed E-state index contributed by atoms with van der Waals surface area (Å²) in [6.45, 7) is -2.12. The Hall–Kier alpha value is -0.540. The van der Waals surface area contributed by atoms with Crippen LogP contribution in [0.15, 0.2) is 0 Å². The lowest BCUT2D eigenvalue weighted by Crippen LogP contribution is -2.39. The van der Waals surface area contributed by atoms with Crippen molar-refractivity contribution in [1.82, 2.24) is 5.32 Å². The zero-order chi connectivity index (χ0) is 12.1. The predicted molar refractivity (Wildman–Crippen MR) is 36.9 cm³/mol. The van der Waals surface area contributed by atoms with Crippen LogP contribution in [0.2, 0.25) is 0 Å². The molecule has 15 heavy (non-hydrogen) atoms. The van der Waals surface area contributed by atoms with Gasteiger partial charge in [-0.2, -0.15) is 13.2 Å². The van der Waals surface area contributed by atoms with Crippen LogP contribution in [0.3, 0.4) is 0 Å². The lowest BCUT2D eigenvalue weighted by molar-refractivity contribution is -0.323. The second-order valence-electron chi connectivity index (χ2n) is 2.56. The third kappa shape index (κ3) is 8.45. The zero-order valence-corrected chi connectivity index (χ0v) is 7.32. The van der Waals surface area contributed by atoms with E-state index in [1.165, 1.54) is 0 Å². The van der Waals surface area contributed by atoms with Gasteiger partial charge in [-0.15, -0.1) is 13.2 Å². The standard InChI is InChI=1S/C6H9F6NO2/c7-5(8,9)4(14)3-13-1-2-15-6(10,11)12/h4,13-14H,1-3H2. The Morgan fingerprint density at radius 3 is 2.07 bits per heavy atom. The SMILES string of the molecule is OC(CNCCOC(F)(F)F)C(F)(F)F. The molecule has 0 aromatic heterocycles. The van der Waals surface area contributed by atoms with E-state index in [4.69, 9.17) is 5.11 Å². The van der Waals surface area contributed by atoms with Crippen molar-refractivity contribution < 1.29 is 36.2 Å². The highest BCUT2D eigenvalue weighted by Crippen LogP contribution is 2.19. The van der Waals surface area contributed by atoms with Crippen LogP contribution in [0.4, 0.5) is 26.3 Å². The molecule has 0 saturated carbocycles. The summed E-state index contributed by atoms with van der Waals surface area (Å²) < 4.78 is 72.3. The molecule has 0 bridgehead atoms. The number of hydrogen-bond donors (Lipinski definition) is 2. The van der Waals surface area contributed by atoms with Crippen molar-refractivity contribution in [2.45, 2.75) is 18.6 Å². The maximum Gasteiger partial charge on any atom is 0.522 e. The predicted octanol–water partition coefficient (Wildman–Crippen LogP) is 1.04. The molecule has 0 aromatic rings. The van der Waals surface area contributed by atoms with Crippen molar-refractivity contribution in [1.29, 1.82) is 0 Å². The first-order valence-electron chi connectivity index (χ1n) is 3.79. The van der Waals surface area contributed by atoms with E-state index in [0.29, 0.717) is 0 Å². The largest absolute Gasteiger partial charge is 0.522 e. The molecule has 0 heterocycles. The minimum atomic E-state index is -4.80. The van der Waals surface area contributed by atoms with Gasteiger partial charge >= 0.3 is 12.5 Å². The summed E-state index contributed by atoms with van der Waals surface area (Å²) in [4.78, 5) is 0. The Morgan fingerprint density at radius 1 is 1.13 bits per heavy atom. The third-order valence-electron chi connectivity index (χ3n) is 1.26. The Bertz CT molecular complexity index is 179. The molecule has 0 amide bonds. The van der Waals surface area contributed by atoms with Crippen molar-refractivity contribution in [3.8, 4) is 0 Å². The Labute approximate surface area is 81.0 Å². The average Bonchev–Trinajstić information content (AvgIpc) is 1.99. The molecule has 1 atom stereocenters. The van der Waals surface area contributed by atoms with Gasteiger partial charge in [-0.3, -0.25) is 4.74 Å². The van der Waals surface area contributed by atoms with E-state index in [9.17, 15) is 26.3 Å². The number of rotatable bonds is 5. The lowest BCUT2D eigenvalue weighted by Gasteiger charge is -2.15.